The second-order valence-corrected chi connectivity index (χ2v) is 16.6. The molecular weight excluding hydrogens is 823 g/mol. The van der Waals surface area contributed by atoms with Crippen molar-refractivity contribution in [3.8, 4) is 33.8 Å². The molecule has 6 rings (SSSR count). The molecule has 0 saturated carbocycles. The molecule has 4 N–H and O–H groups in total. The van der Waals surface area contributed by atoms with Crippen LogP contribution in [0.2, 0.25) is 0 Å². The Labute approximate surface area is 372 Å². The number of hydrogen-bond donors (Lipinski definition) is 4. The molecule has 16 nitrogen and oxygen atoms in total. The number of benzene rings is 4. The van der Waals surface area contributed by atoms with E-state index in [0.717, 1.165) is 27.2 Å². The number of nitrogens with one attached hydrogen (secondary N) is 4. The van der Waals surface area contributed by atoms with Crippen LogP contribution in [0.15, 0.2) is 84.9 Å². The number of alkyl carbamates (subject to hydrolysis) is 2. The number of methoxy groups -OCH3 is 3. The third-order valence-electron chi connectivity index (χ3n) is 11.1. The predicted octanol–water partition coefficient (Wildman–Crippen LogP) is 5.41. The topological polar surface area (TPSA) is 200 Å². The molecule has 4 atom stereocenters. The summed E-state index contributed by atoms with van der Waals surface area (Å²) in [6.07, 6.45) is -1.71. The van der Waals surface area contributed by atoms with E-state index in [1.54, 1.807) is 57.2 Å². The first-order chi connectivity index (χ1) is 30.5. The molecule has 4 aromatic rings. The van der Waals surface area contributed by atoms with Gasteiger partial charge in [0.25, 0.3) is 0 Å². The smallest absolute Gasteiger partial charge is 0.407 e. The average molecular weight is 878 g/mol. The van der Waals surface area contributed by atoms with Gasteiger partial charge in [0.2, 0.25) is 17.7 Å². The first kappa shape index (κ1) is 46.4. The van der Waals surface area contributed by atoms with Gasteiger partial charge in [0.1, 0.15) is 47.9 Å². The quantitative estimate of drug-likeness (QED) is 0.111. The van der Waals surface area contributed by atoms with E-state index in [0.29, 0.717) is 33.8 Å². The van der Waals surface area contributed by atoms with E-state index >= 15 is 0 Å². The van der Waals surface area contributed by atoms with E-state index in [9.17, 15) is 28.8 Å². The second kappa shape index (κ2) is 19.9. The van der Waals surface area contributed by atoms with Crippen molar-refractivity contribution >= 4 is 35.9 Å². The summed E-state index contributed by atoms with van der Waals surface area (Å²) in [6, 6.07) is 20.9. The van der Waals surface area contributed by atoms with Gasteiger partial charge in [-0.25, -0.2) is 14.4 Å². The molecule has 1 aliphatic carbocycles. The Hall–Kier alpha value is -7.10. The highest BCUT2D eigenvalue weighted by Crippen LogP contribution is 2.45. The maximum Gasteiger partial charge on any atom is 0.407 e. The Morgan fingerprint density at radius 3 is 2.00 bits per heavy atom. The first-order valence-electron chi connectivity index (χ1n) is 20.9. The monoisotopic (exact) mass is 877 g/mol. The molecular formula is C48H55N5O11. The predicted molar refractivity (Wildman–Crippen MR) is 237 cm³/mol. The van der Waals surface area contributed by atoms with Crippen molar-refractivity contribution < 1.29 is 52.5 Å². The van der Waals surface area contributed by atoms with Crippen molar-refractivity contribution in [2.75, 3.05) is 41.5 Å². The Kier molecular flexibility index (Phi) is 14.5. The number of carbonyl (C=O) groups is 6. The molecule has 5 amide bonds. The Bertz CT molecular complexity index is 2370. The van der Waals surface area contributed by atoms with Gasteiger partial charge in [-0.2, -0.15) is 0 Å². The molecule has 1 heterocycles. The fourth-order valence-electron chi connectivity index (χ4n) is 8.02. The lowest BCUT2D eigenvalue weighted by molar-refractivity contribution is -0.145. The van der Waals surface area contributed by atoms with Gasteiger partial charge in [-0.3, -0.25) is 14.4 Å². The average Bonchev–Trinajstić information content (AvgIpc) is 3.59. The van der Waals surface area contributed by atoms with Crippen LogP contribution in [0.25, 0.3) is 22.3 Å². The van der Waals surface area contributed by atoms with Gasteiger partial charge in [-0.15, -0.1) is 0 Å². The summed E-state index contributed by atoms with van der Waals surface area (Å²) in [6.45, 7) is 6.44. The number of fused-ring (bicyclic) bond motifs is 8. The van der Waals surface area contributed by atoms with Crippen LogP contribution < -0.4 is 30.7 Å². The van der Waals surface area contributed by atoms with Crippen LogP contribution in [-0.2, 0) is 39.8 Å². The minimum atomic E-state index is -1.41. The minimum Gasteiger partial charge on any atom is -0.496 e. The first-order valence-corrected chi connectivity index (χ1v) is 20.9. The highest BCUT2D eigenvalue weighted by Gasteiger charge is 2.37. The van der Waals surface area contributed by atoms with Crippen molar-refractivity contribution in [3.63, 3.8) is 0 Å². The maximum absolute atomic E-state index is 14.8. The molecule has 64 heavy (non-hydrogen) atoms. The van der Waals surface area contributed by atoms with Crippen molar-refractivity contribution in [2.45, 2.75) is 76.2 Å². The number of amides is 5. The van der Waals surface area contributed by atoms with Crippen LogP contribution in [0, 0.1) is 0 Å². The van der Waals surface area contributed by atoms with Crippen molar-refractivity contribution in [1.29, 1.82) is 0 Å². The van der Waals surface area contributed by atoms with E-state index in [2.05, 4.69) is 21.3 Å². The summed E-state index contributed by atoms with van der Waals surface area (Å²) in [4.78, 5) is 83.4. The molecule has 0 aromatic heterocycles. The molecule has 0 radical (unpaired) electrons. The van der Waals surface area contributed by atoms with Gasteiger partial charge < -0.3 is 49.9 Å². The Morgan fingerprint density at radius 2 is 1.39 bits per heavy atom. The van der Waals surface area contributed by atoms with Crippen molar-refractivity contribution in [2.24, 2.45) is 0 Å². The number of likely N-dealkylation sites (N-methyl/N-ethyl adjacent to an activating group) is 1. The summed E-state index contributed by atoms with van der Waals surface area (Å²) in [5.41, 5.74) is 5.29. The summed E-state index contributed by atoms with van der Waals surface area (Å²) in [7, 11) is 5.59. The van der Waals surface area contributed by atoms with E-state index in [1.165, 1.54) is 35.3 Å². The molecule has 1 aliphatic heterocycles. The van der Waals surface area contributed by atoms with Gasteiger partial charge in [0.05, 0.1) is 21.3 Å². The molecule has 0 unspecified atom stereocenters. The van der Waals surface area contributed by atoms with Crippen LogP contribution in [-0.4, -0.2) is 106 Å². The summed E-state index contributed by atoms with van der Waals surface area (Å²) < 4.78 is 27.7. The molecule has 16 heteroatoms. The van der Waals surface area contributed by atoms with Gasteiger partial charge in [0, 0.05) is 37.1 Å². The van der Waals surface area contributed by atoms with E-state index < -0.39 is 65.6 Å². The maximum atomic E-state index is 14.8. The SMILES string of the molecule is COC(=O)[C@@H]1Cc2ccc(OC)c(c2)-c2cc(ccc2OC)[C@H](N(C)C(=O)[C@H](CCNC(=O)OC(C)(C)C)NC(=O)OCC2c3ccccc3-c3ccccc32)C(=O)N[C@@H](C)C(=O)N1. The summed E-state index contributed by atoms with van der Waals surface area (Å²) in [5, 5.41) is 10.7. The molecule has 0 fully saturated rings. The molecule has 0 spiro atoms. The number of hydrogen-bond acceptors (Lipinski definition) is 11. The van der Waals surface area contributed by atoms with Crippen LogP contribution in [0.4, 0.5) is 9.59 Å². The molecule has 338 valence electrons. The highest BCUT2D eigenvalue weighted by molar-refractivity contribution is 5.96. The number of ether oxygens (including phenoxy) is 5. The third kappa shape index (κ3) is 10.6. The largest absolute Gasteiger partial charge is 0.496 e. The lowest BCUT2D eigenvalue weighted by Gasteiger charge is -2.32. The minimum absolute atomic E-state index is 0.0339. The molecule has 0 saturated heterocycles. The molecule has 2 aliphatic rings. The lowest BCUT2D eigenvalue weighted by atomic mass is 9.93. The Balaban J connectivity index is 1.34. The van der Waals surface area contributed by atoms with Gasteiger partial charge in [0.15, 0.2) is 0 Å². The van der Waals surface area contributed by atoms with Gasteiger partial charge in [-0.05, 0) is 91.8 Å². The zero-order valence-electron chi connectivity index (χ0n) is 37.2. The zero-order valence-corrected chi connectivity index (χ0v) is 37.2. The van der Waals surface area contributed by atoms with Gasteiger partial charge in [-0.1, -0.05) is 60.7 Å². The standard InChI is InChI=1S/C48H55N5O11/c1-27-42(54)51-38(45(57)62-8)24-28-17-19-39(60-6)34(23-28)35-25-29(18-20-40(35)61-7)41(43(55)50-27)53(5)44(56)37(21-22-49-46(58)64-48(2,3)4)52-47(59)63-26-36-32-15-11-9-13-30(32)31-14-10-12-16-33(31)36/h9-20,23,25,27,36-38,41H,21-22,24,26H2,1-8H3,(H,49,58)(H,50,55)(H,51,54)(H,52,59)/t27-,37-,38-,41-/m0/s1. The van der Waals surface area contributed by atoms with Crippen molar-refractivity contribution in [3.05, 3.63) is 107 Å². The summed E-state index contributed by atoms with van der Waals surface area (Å²) in [5.74, 6) is -2.27. The third-order valence-corrected chi connectivity index (χ3v) is 11.1. The Morgan fingerprint density at radius 1 is 0.781 bits per heavy atom. The number of nitrogens with zero attached hydrogens (tertiary/aromatic N) is 1. The van der Waals surface area contributed by atoms with E-state index in [-0.39, 0.29) is 31.9 Å². The highest BCUT2D eigenvalue weighted by atomic mass is 16.6. The molecule has 4 bridgehead atoms. The fraction of sp³-hybridized carbons (Fsp3) is 0.375. The van der Waals surface area contributed by atoms with Crippen LogP contribution in [0.1, 0.15) is 68.3 Å². The number of carbonyl (C=O) groups excluding carboxylic acids is 6. The van der Waals surface area contributed by atoms with Crippen LogP contribution >= 0.6 is 0 Å². The van der Waals surface area contributed by atoms with Crippen LogP contribution in [0.5, 0.6) is 11.5 Å². The lowest BCUT2D eigenvalue weighted by Crippen LogP contribution is -2.55. The molecule has 4 aromatic carbocycles. The number of esters is 1. The van der Waals surface area contributed by atoms with E-state index in [4.69, 9.17) is 23.7 Å². The fourth-order valence-corrected chi connectivity index (χ4v) is 8.02. The van der Waals surface area contributed by atoms with E-state index in [1.807, 2.05) is 48.5 Å². The van der Waals surface area contributed by atoms with Gasteiger partial charge >= 0.3 is 18.2 Å². The van der Waals surface area contributed by atoms with Crippen LogP contribution in [0.3, 0.4) is 0 Å². The van der Waals surface area contributed by atoms with Crippen molar-refractivity contribution in [1.82, 2.24) is 26.2 Å². The second-order valence-electron chi connectivity index (χ2n) is 16.6. The summed E-state index contributed by atoms with van der Waals surface area (Å²) >= 11 is 0. The zero-order chi connectivity index (χ0) is 46.3. The number of rotatable bonds is 11. The normalized spacial score (nSPS) is 17.5.